The number of rotatable bonds is 5. The van der Waals surface area contributed by atoms with Gasteiger partial charge in [-0.3, -0.25) is 9.59 Å². The highest BCUT2D eigenvalue weighted by Gasteiger charge is 2.69. The quantitative estimate of drug-likeness (QED) is 0.593. The number of benzene rings is 1. The molecule has 5 atom stereocenters. The number of ether oxygens (including phenoxy) is 2. The molecule has 1 aromatic carbocycles. The molecule has 2 aliphatic heterocycles. The van der Waals surface area contributed by atoms with Crippen LogP contribution >= 0.6 is 0 Å². The Morgan fingerprint density at radius 3 is 2.89 bits per heavy atom. The SMILES string of the molecule is C=C[C@H]1O[C@]23C=CCC[C@@H]2N(Cc2ccccc2)C(=O)[C@@H]3[C@@H]1C(=O)OCC. The molecule has 1 spiro atoms. The van der Waals surface area contributed by atoms with Crippen LogP contribution < -0.4 is 0 Å². The first kappa shape index (κ1) is 18.0. The van der Waals surface area contributed by atoms with Crippen molar-refractivity contribution >= 4 is 11.9 Å². The van der Waals surface area contributed by atoms with Crippen LogP contribution in [0.15, 0.2) is 55.1 Å². The number of hydrogen-bond acceptors (Lipinski definition) is 4. The second-order valence-electron chi connectivity index (χ2n) is 7.37. The van der Waals surface area contributed by atoms with Gasteiger partial charge in [-0.1, -0.05) is 48.6 Å². The summed E-state index contributed by atoms with van der Waals surface area (Å²) >= 11 is 0. The number of carbonyl (C=O) groups is 2. The van der Waals surface area contributed by atoms with Crippen molar-refractivity contribution in [1.29, 1.82) is 0 Å². The predicted molar refractivity (Wildman–Crippen MR) is 101 cm³/mol. The first-order chi connectivity index (χ1) is 13.1. The number of amides is 1. The molecule has 0 radical (unpaired) electrons. The van der Waals surface area contributed by atoms with Crippen molar-refractivity contribution in [1.82, 2.24) is 4.90 Å². The van der Waals surface area contributed by atoms with Crippen LogP contribution in [0, 0.1) is 11.8 Å². The molecule has 5 heteroatoms. The van der Waals surface area contributed by atoms with Crippen LogP contribution in [0.25, 0.3) is 0 Å². The van der Waals surface area contributed by atoms with Gasteiger partial charge in [-0.25, -0.2) is 0 Å². The fourth-order valence-corrected chi connectivity index (χ4v) is 4.89. The van der Waals surface area contributed by atoms with Gasteiger partial charge in [0.15, 0.2) is 0 Å². The van der Waals surface area contributed by atoms with Crippen LogP contribution in [0.1, 0.15) is 25.3 Å². The molecule has 2 heterocycles. The van der Waals surface area contributed by atoms with Gasteiger partial charge in [0, 0.05) is 6.54 Å². The van der Waals surface area contributed by atoms with E-state index in [2.05, 4.69) is 12.7 Å². The standard InChI is InChI=1S/C22H25NO4/c1-3-16-18(21(25)26-4-2)19-20(24)23(14-15-10-6-5-7-11-15)17-12-8-9-13-22(17,19)27-16/h3,5-7,9-11,13,16-19H,1,4,8,12,14H2,2H3/t16-,17+,18-,19+,22-/m1/s1. The second-order valence-corrected chi connectivity index (χ2v) is 7.37. The molecule has 0 saturated carbocycles. The largest absolute Gasteiger partial charge is 0.466 e. The van der Waals surface area contributed by atoms with E-state index in [0.29, 0.717) is 6.54 Å². The van der Waals surface area contributed by atoms with E-state index in [-0.39, 0.29) is 24.5 Å². The number of esters is 1. The molecule has 3 aliphatic rings. The van der Waals surface area contributed by atoms with Gasteiger partial charge in [-0.15, -0.1) is 6.58 Å². The third-order valence-electron chi connectivity index (χ3n) is 5.96. The Morgan fingerprint density at radius 1 is 1.41 bits per heavy atom. The maximum Gasteiger partial charge on any atom is 0.312 e. The van der Waals surface area contributed by atoms with E-state index in [1.54, 1.807) is 13.0 Å². The molecule has 1 amide bonds. The molecule has 142 valence electrons. The van der Waals surface area contributed by atoms with Crippen molar-refractivity contribution in [2.24, 2.45) is 11.8 Å². The molecule has 2 fully saturated rings. The Bertz CT molecular complexity index is 774. The molecular formula is C22H25NO4. The van der Waals surface area contributed by atoms with Gasteiger partial charge in [0.2, 0.25) is 5.91 Å². The summed E-state index contributed by atoms with van der Waals surface area (Å²) in [6, 6.07) is 9.86. The van der Waals surface area contributed by atoms with Crippen molar-refractivity contribution < 1.29 is 19.1 Å². The lowest BCUT2D eigenvalue weighted by Gasteiger charge is -2.37. The maximum atomic E-state index is 13.5. The van der Waals surface area contributed by atoms with Crippen molar-refractivity contribution in [3.63, 3.8) is 0 Å². The minimum absolute atomic E-state index is 0.0298. The van der Waals surface area contributed by atoms with Gasteiger partial charge in [0.05, 0.1) is 24.7 Å². The lowest BCUT2D eigenvalue weighted by atomic mass is 9.75. The van der Waals surface area contributed by atoms with E-state index in [4.69, 9.17) is 9.47 Å². The van der Waals surface area contributed by atoms with Gasteiger partial charge in [0.25, 0.3) is 0 Å². The summed E-state index contributed by atoms with van der Waals surface area (Å²) in [5.41, 5.74) is 0.295. The molecule has 2 saturated heterocycles. The highest BCUT2D eigenvalue weighted by molar-refractivity contribution is 5.91. The number of hydrogen-bond donors (Lipinski definition) is 0. The summed E-state index contributed by atoms with van der Waals surface area (Å²) in [6.07, 6.45) is 6.90. The molecule has 1 aliphatic carbocycles. The van der Waals surface area contributed by atoms with Gasteiger partial charge >= 0.3 is 5.97 Å². The summed E-state index contributed by atoms with van der Waals surface area (Å²) in [7, 11) is 0. The highest BCUT2D eigenvalue weighted by atomic mass is 16.5. The number of nitrogens with zero attached hydrogens (tertiary/aromatic N) is 1. The summed E-state index contributed by atoms with van der Waals surface area (Å²) in [5.74, 6) is -1.62. The molecular weight excluding hydrogens is 342 g/mol. The van der Waals surface area contributed by atoms with Crippen molar-refractivity contribution in [3.05, 3.63) is 60.7 Å². The lowest BCUT2D eigenvalue weighted by Crippen LogP contribution is -2.47. The Labute approximate surface area is 159 Å². The maximum absolute atomic E-state index is 13.5. The van der Waals surface area contributed by atoms with Gasteiger partial charge in [-0.2, -0.15) is 0 Å². The Kier molecular flexibility index (Phi) is 4.64. The summed E-state index contributed by atoms with van der Waals surface area (Å²) in [4.78, 5) is 28.1. The van der Waals surface area contributed by atoms with Crippen LogP contribution in [-0.4, -0.2) is 41.1 Å². The van der Waals surface area contributed by atoms with Crippen molar-refractivity contribution in [2.45, 2.75) is 44.1 Å². The van der Waals surface area contributed by atoms with E-state index in [1.807, 2.05) is 41.3 Å². The molecule has 0 N–H and O–H groups in total. The van der Waals surface area contributed by atoms with E-state index >= 15 is 0 Å². The minimum Gasteiger partial charge on any atom is -0.466 e. The first-order valence-electron chi connectivity index (χ1n) is 9.61. The van der Waals surface area contributed by atoms with E-state index < -0.39 is 23.5 Å². The van der Waals surface area contributed by atoms with Crippen LogP contribution in [0.2, 0.25) is 0 Å². The van der Waals surface area contributed by atoms with Crippen molar-refractivity contribution in [2.75, 3.05) is 6.61 Å². The van der Waals surface area contributed by atoms with E-state index in [1.165, 1.54) is 0 Å². The third-order valence-corrected chi connectivity index (χ3v) is 5.96. The zero-order valence-corrected chi connectivity index (χ0v) is 15.5. The average Bonchev–Trinajstić information content (AvgIpc) is 3.12. The Balaban J connectivity index is 1.73. The first-order valence-corrected chi connectivity index (χ1v) is 9.61. The fourth-order valence-electron chi connectivity index (χ4n) is 4.89. The number of allylic oxidation sites excluding steroid dienone is 1. The van der Waals surface area contributed by atoms with Gasteiger partial charge in [0.1, 0.15) is 11.5 Å². The lowest BCUT2D eigenvalue weighted by molar-refractivity contribution is -0.153. The third kappa shape index (κ3) is 2.72. The second kappa shape index (κ2) is 6.97. The van der Waals surface area contributed by atoms with Crippen LogP contribution in [0.4, 0.5) is 0 Å². The topological polar surface area (TPSA) is 55.8 Å². The summed E-state index contributed by atoms with van der Waals surface area (Å²) in [5, 5.41) is 0. The monoisotopic (exact) mass is 367 g/mol. The summed E-state index contributed by atoms with van der Waals surface area (Å²) in [6.45, 7) is 6.40. The molecule has 0 aromatic heterocycles. The van der Waals surface area contributed by atoms with Crippen LogP contribution in [0.5, 0.6) is 0 Å². The normalized spacial score (nSPS) is 34.3. The van der Waals surface area contributed by atoms with E-state index in [9.17, 15) is 9.59 Å². The average molecular weight is 367 g/mol. The zero-order valence-electron chi connectivity index (χ0n) is 15.5. The van der Waals surface area contributed by atoms with Gasteiger partial charge in [-0.05, 0) is 25.3 Å². The smallest absolute Gasteiger partial charge is 0.312 e. The molecule has 5 nitrogen and oxygen atoms in total. The molecule has 4 rings (SSSR count). The van der Waals surface area contributed by atoms with Crippen LogP contribution in [0.3, 0.4) is 0 Å². The number of carbonyl (C=O) groups excluding carboxylic acids is 2. The molecule has 27 heavy (non-hydrogen) atoms. The summed E-state index contributed by atoms with van der Waals surface area (Å²) < 4.78 is 11.7. The molecule has 0 bridgehead atoms. The Morgan fingerprint density at radius 2 is 2.19 bits per heavy atom. The predicted octanol–water partition coefficient (Wildman–Crippen LogP) is 2.87. The molecule has 0 unspecified atom stereocenters. The van der Waals surface area contributed by atoms with Crippen LogP contribution in [-0.2, 0) is 25.6 Å². The van der Waals surface area contributed by atoms with E-state index in [0.717, 1.165) is 18.4 Å². The highest BCUT2D eigenvalue weighted by Crippen LogP contribution is 2.54. The zero-order chi connectivity index (χ0) is 19.0. The fraction of sp³-hybridized carbons (Fsp3) is 0.455. The van der Waals surface area contributed by atoms with Crippen molar-refractivity contribution in [3.8, 4) is 0 Å². The number of likely N-dealkylation sites (tertiary alicyclic amines) is 1. The molecule has 1 aromatic rings. The minimum atomic E-state index is -0.777. The Hall–Kier alpha value is -2.40. The van der Waals surface area contributed by atoms with Gasteiger partial charge < -0.3 is 14.4 Å².